The lowest BCUT2D eigenvalue weighted by Gasteiger charge is -2.50. The van der Waals surface area contributed by atoms with Gasteiger partial charge in [-0.1, -0.05) is 28.1 Å². The minimum atomic E-state index is -1.52. The molecule has 2 amide bonds. The third kappa shape index (κ3) is 5.92. The number of pyridine rings is 1. The first kappa shape index (κ1) is 31.2. The number of fused-ring (bicyclic) bond motifs is 2. The van der Waals surface area contributed by atoms with Crippen LogP contribution in [0.4, 0.5) is 5.13 Å². The maximum atomic E-state index is 13.3. The van der Waals surface area contributed by atoms with Gasteiger partial charge in [-0.25, -0.2) is 9.78 Å². The molecule has 5 heterocycles. The molecule has 19 heteroatoms. The van der Waals surface area contributed by atoms with Gasteiger partial charge in [0.25, 0.3) is 17.3 Å². The monoisotopic (exact) mass is 663 g/mol. The van der Waals surface area contributed by atoms with E-state index in [4.69, 9.17) is 27.3 Å². The summed E-state index contributed by atoms with van der Waals surface area (Å²) >= 11 is 8.28. The number of aromatic nitrogens is 4. The fourth-order valence-electron chi connectivity index (χ4n) is 4.67. The average molecular weight is 664 g/mol. The number of β-lactam (4-membered cyclic amide) rings is 1. The molecule has 1 saturated heterocycles. The Kier molecular flexibility index (Phi) is 9.05. The van der Waals surface area contributed by atoms with Crippen LogP contribution in [0.2, 0.25) is 4.34 Å². The fraction of sp³-hybridized carbons (Fsp3) is 0.360. The van der Waals surface area contributed by atoms with Gasteiger partial charge in [-0.2, -0.15) is 9.67 Å². The van der Waals surface area contributed by atoms with Crippen molar-refractivity contribution in [3.63, 3.8) is 0 Å². The lowest BCUT2D eigenvalue weighted by Crippen LogP contribution is -2.71. The summed E-state index contributed by atoms with van der Waals surface area (Å²) in [6.07, 6.45) is 2.09. The van der Waals surface area contributed by atoms with E-state index in [-0.39, 0.29) is 33.2 Å². The van der Waals surface area contributed by atoms with E-state index in [0.717, 1.165) is 27.3 Å². The lowest BCUT2D eigenvalue weighted by atomic mass is 10.0. The number of carboxylic acids is 2. The van der Waals surface area contributed by atoms with E-state index >= 15 is 0 Å². The Bertz CT molecular complexity index is 1720. The summed E-state index contributed by atoms with van der Waals surface area (Å²) in [6.45, 7) is 2.72. The van der Waals surface area contributed by atoms with Gasteiger partial charge < -0.3 is 36.2 Å². The number of amides is 2. The molecular weight excluding hydrogens is 638 g/mol. The van der Waals surface area contributed by atoms with Gasteiger partial charge in [-0.3, -0.25) is 19.2 Å². The molecule has 0 spiro atoms. The standard InChI is InChI=1S/C25H26ClN9O7S2/c1-11(23(38)39)42-32-16(15-19(26)44-25(27)31-15)20(36)30-17-21(37)35-18(24(40)41)12(10-43-22(17)35)9-33-6-3-4-13-14(33)8-29-34(13)7-5-28-2/h3-4,6,8,11,17,22,28H,5,7,9-10H2,1-2H3,(H4-,27,30,31,36,38,39,40,41)/b32-16-/t11-,17+,22+/m0/s1. The van der Waals surface area contributed by atoms with Gasteiger partial charge in [0.05, 0.1) is 18.2 Å². The highest BCUT2D eigenvalue weighted by molar-refractivity contribution is 8.00. The molecule has 1 fully saturated rings. The summed E-state index contributed by atoms with van der Waals surface area (Å²) in [7, 11) is 1.84. The minimum Gasteiger partial charge on any atom is -0.543 e. The van der Waals surface area contributed by atoms with Crippen molar-refractivity contribution < 1.29 is 38.8 Å². The highest BCUT2D eigenvalue weighted by atomic mass is 35.5. The van der Waals surface area contributed by atoms with Gasteiger partial charge >= 0.3 is 5.97 Å². The Morgan fingerprint density at radius 2 is 2.18 bits per heavy atom. The molecule has 3 aromatic heterocycles. The summed E-state index contributed by atoms with van der Waals surface area (Å²) in [5.41, 5.74) is 6.87. The first-order chi connectivity index (χ1) is 21.0. The average Bonchev–Trinajstić information content (AvgIpc) is 3.56. The van der Waals surface area contributed by atoms with Crippen LogP contribution in [0.15, 0.2) is 41.0 Å². The van der Waals surface area contributed by atoms with Gasteiger partial charge in [0.2, 0.25) is 6.10 Å². The number of anilines is 1. The zero-order valence-corrected chi connectivity index (χ0v) is 25.6. The highest BCUT2D eigenvalue weighted by Crippen LogP contribution is 2.40. The van der Waals surface area contributed by atoms with Crippen molar-refractivity contribution in [2.75, 3.05) is 25.1 Å². The van der Waals surface area contributed by atoms with Crippen LogP contribution in [0, 0.1) is 0 Å². The van der Waals surface area contributed by atoms with Crippen molar-refractivity contribution >= 4 is 80.3 Å². The highest BCUT2D eigenvalue weighted by Gasteiger charge is 2.53. The largest absolute Gasteiger partial charge is 0.543 e. The third-order valence-electron chi connectivity index (χ3n) is 6.84. The van der Waals surface area contributed by atoms with E-state index < -0.39 is 47.0 Å². The van der Waals surface area contributed by atoms with Crippen molar-refractivity contribution in [2.45, 2.75) is 37.5 Å². The van der Waals surface area contributed by atoms with E-state index in [1.807, 2.05) is 28.4 Å². The third-order valence-corrected chi connectivity index (χ3v) is 9.27. The molecule has 0 unspecified atom stereocenters. The van der Waals surface area contributed by atoms with Crippen molar-refractivity contribution in [3.8, 4) is 0 Å². The summed E-state index contributed by atoms with van der Waals surface area (Å²) in [5.74, 6) is -4.26. The lowest BCUT2D eigenvalue weighted by molar-refractivity contribution is -0.663. The molecule has 3 aromatic rings. The van der Waals surface area contributed by atoms with Gasteiger partial charge in [-0.15, -0.1) is 11.8 Å². The number of nitrogen functional groups attached to an aromatic ring is 1. The Labute approximate surface area is 262 Å². The number of likely N-dealkylation sites (N-methyl/N-ethyl adjacent to an activating group) is 1. The number of carbonyl (C=O) groups is 4. The second-order valence-corrected chi connectivity index (χ2v) is 12.4. The van der Waals surface area contributed by atoms with Crippen molar-refractivity contribution in [3.05, 3.63) is 45.8 Å². The van der Waals surface area contributed by atoms with E-state index in [0.29, 0.717) is 18.7 Å². The molecule has 5 N–H and O–H groups in total. The minimum absolute atomic E-state index is 0.0107. The van der Waals surface area contributed by atoms with Crippen LogP contribution in [0.25, 0.3) is 11.0 Å². The summed E-state index contributed by atoms with van der Waals surface area (Å²) in [5, 5.41) is 34.4. The number of nitrogens with zero attached hydrogens (tertiary/aromatic N) is 6. The number of nitrogens with two attached hydrogens (primary N) is 1. The quantitative estimate of drug-likeness (QED) is 0.0755. The Hall–Kier alpha value is -4.26. The molecule has 0 aromatic carbocycles. The van der Waals surface area contributed by atoms with Crippen molar-refractivity contribution in [2.24, 2.45) is 5.16 Å². The number of carboxylic acid groups (broad SMARTS) is 2. The maximum absolute atomic E-state index is 13.3. The van der Waals surface area contributed by atoms with E-state index in [1.165, 1.54) is 18.7 Å². The van der Waals surface area contributed by atoms with E-state index in [9.17, 15) is 24.3 Å². The first-order valence-corrected chi connectivity index (χ1v) is 15.3. The number of hydrogen-bond acceptors (Lipinski definition) is 13. The topological polar surface area (TPSA) is 221 Å². The number of oxime groups is 1. The molecule has 16 nitrogen and oxygen atoms in total. The SMILES string of the molecule is CNCCn1ncc2c1ccc[n+]2CC1=C(C(=O)[O-])N2C(=O)[C@@H](NC(=O)/C(=N\O[C@@H](C)C(=O)O)c3nc(N)sc3Cl)[C@H]2SC1. The second-order valence-electron chi connectivity index (χ2n) is 9.68. The Morgan fingerprint density at radius 3 is 2.84 bits per heavy atom. The molecule has 0 bridgehead atoms. The van der Waals surface area contributed by atoms with Crippen LogP contribution < -0.4 is 26.0 Å². The van der Waals surface area contributed by atoms with Crippen LogP contribution >= 0.6 is 34.7 Å². The van der Waals surface area contributed by atoms with Crippen LogP contribution in [0.1, 0.15) is 12.6 Å². The fourth-order valence-corrected chi connectivity index (χ4v) is 6.93. The molecule has 3 atom stereocenters. The predicted molar refractivity (Wildman–Crippen MR) is 157 cm³/mol. The Morgan fingerprint density at radius 1 is 1.41 bits per heavy atom. The van der Waals surface area contributed by atoms with Crippen molar-refractivity contribution in [1.82, 2.24) is 30.3 Å². The number of aliphatic carboxylic acids is 2. The number of thiazole rings is 1. The number of halogens is 1. The van der Waals surface area contributed by atoms with Crippen LogP contribution in [-0.4, -0.2) is 91.1 Å². The van der Waals surface area contributed by atoms with Gasteiger partial charge in [0.15, 0.2) is 23.6 Å². The van der Waals surface area contributed by atoms with Gasteiger partial charge in [-0.05, 0) is 20.0 Å². The number of hydrogen-bond donors (Lipinski definition) is 4. The second kappa shape index (κ2) is 12.8. The molecule has 0 aliphatic carbocycles. The molecule has 2 aliphatic rings. The molecule has 2 aliphatic heterocycles. The zero-order chi connectivity index (χ0) is 31.7. The predicted octanol–water partition coefficient (Wildman–Crippen LogP) is -1.47. The molecule has 0 saturated carbocycles. The molecular formula is C25H26ClN9O7S2. The summed E-state index contributed by atoms with van der Waals surface area (Å²) in [4.78, 5) is 60.1. The molecule has 232 valence electrons. The molecule has 5 rings (SSSR count). The van der Waals surface area contributed by atoms with E-state index in [1.54, 1.807) is 12.4 Å². The first-order valence-electron chi connectivity index (χ1n) is 13.1. The van der Waals surface area contributed by atoms with Gasteiger partial charge in [0.1, 0.15) is 33.2 Å². The Balaban J connectivity index is 1.38. The van der Waals surface area contributed by atoms with Crippen LogP contribution in [-0.2, 0) is 37.1 Å². The van der Waals surface area contributed by atoms with Gasteiger partial charge in [0, 0.05) is 23.9 Å². The van der Waals surface area contributed by atoms with Crippen LogP contribution in [0.3, 0.4) is 0 Å². The van der Waals surface area contributed by atoms with Crippen molar-refractivity contribution in [1.29, 1.82) is 0 Å². The maximum Gasteiger partial charge on any atom is 0.347 e. The summed E-state index contributed by atoms with van der Waals surface area (Å²) < 4.78 is 3.68. The van der Waals surface area contributed by atoms with Crippen LogP contribution in [0.5, 0.6) is 0 Å². The number of nitrogens with one attached hydrogen (secondary N) is 2. The molecule has 0 radical (unpaired) electrons. The zero-order valence-electron chi connectivity index (χ0n) is 23.2. The van der Waals surface area contributed by atoms with E-state index in [2.05, 4.69) is 25.9 Å². The molecule has 44 heavy (non-hydrogen) atoms. The smallest absolute Gasteiger partial charge is 0.347 e. The number of carbonyl (C=O) groups excluding carboxylic acids is 3. The normalized spacial score (nSPS) is 19.0. The number of thioether (sulfide) groups is 1. The summed E-state index contributed by atoms with van der Waals surface area (Å²) in [6, 6.07) is 2.61. The number of rotatable bonds is 12.